The van der Waals surface area contributed by atoms with Crippen LogP contribution in [0.3, 0.4) is 0 Å². The fraction of sp³-hybridized carbons (Fsp3) is 0.533. The van der Waals surface area contributed by atoms with Crippen molar-refractivity contribution >= 4 is 17.5 Å². The molecule has 0 saturated carbocycles. The summed E-state index contributed by atoms with van der Waals surface area (Å²) in [6, 6.07) is 7.92. The van der Waals surface area contributed by atoms with Crippen LogP contribution in [0.15, 0.2) is 24.3 Å². The SMILES string of the molecule is CCCC(NCC(=O)NCCOC)c1ccc(Cl)cc1. The summed E-state index contributed by atoms with van der Waals surface area (Å²) in [6.07, 6.45) is 2.03. The third-order valence-corrected chi connectivity index (χ3v) is 3.24. The third-order valence-electron chi connectivity index (χ3n) is 2.99. The Morgan fingerprint density at radius 1 is 1.35 bits per heavy atom. The number of methoxy groups -OCH3 is 1. The molecule has 0 aliphatic rings. The van der Waals surface area contributed by atoms with Crippen LogP contribution in [0.5, 0.6) is 0 Å². The number of nitrogens with one attached hydrogen (secondary N) is 2. The second kappa shape index (κ2) is 9.75. The van der Waals surface area contributed by atoms with E-state index in [4.69, 9.17) is 16.3 Å². The van der Waals surface area contributed by atoms with E-state index < -0.39 is 0 Å². The van der Waals surface area contributed by atoms with Gasteiger partial charge in [0.1, 0.15) is 0 Å². The van der Waals surface area contributed by atoms with Gasteiger partial charge in [-0.05, 0) is 24.1 Å². The van der Waals surface area contributed by atoms with Crippen LogP contribution in [0.4, 0.5) is 0 Å². The van der Waals surface area contributed by atoms with Gasteiger partial charge in [-0.3, -0.25) is 4.79 Å². The second-order valence-electron chi connectivity index (χ2n) is 4.62. The molecule has 0 spiro atoms. The highest BCUT2D eigenvalue weighted by molar-refractivity contribution is 6.30. The number of carbonyl (C=O) groups is 1. The number of rotatable bonds is 9. The molecule has 0 aromatic heterocycles. The van der Waals surface area contributed by atoms with Crippen LogP contribution >= 0.6 is 11.6 Å². The fourth-order valence-corrected chi connectivity index (χ4v) is 2.07. The molecule has 1 amide bonds. The predicted molar refractivity (Wildman–Crippen MR) is 82.0 cm³/mol. The number of ether oxygens (including phenoxy) is 1. The van der Waals surface area contributed by atoms with Crippen LogP contribution in [0.1, 0.15) is 31.4 Å². The molecular weight excluding hydrogens is 276 g/mol. The van der Waals surface area contributed by atoms with Crippen LogP contribution < -0.4 is 10.6 Å². The predicted octanol–water partition coefficient (Wildman–Crippen LogP) is 2.53. The minimum Gasteiger partial charge on any atom is -0.383 e. The molecule has 0 radical (unpaired) electrons. The second-order valence-corrected chi connectivity index (χ2v) is 5.05. The van der Waals surface area contributed by atoms with Crippen molar-refractivity contribution in [1.82, 2.24) is 10.6 Å². The highest BCUT2D eigenvalue weighted by Gasteiger charge is 2.11. The summed E-state index contributed by atoms with van der Waals surface area (Å²) in [4.78, 5) is 11.7. The maximum absolute atomic E-state index is 11.7. The largest absolute Gasteiger partial charge is 0.383 e. The van der Waals surface area contributed by atoms with Gasteiger partial charge < -0.3 is 15.4 Å². The van der Waals surface area contributed by atoms with Gasteiger partial charge in [-0.25, -0.2) is 0 Å². The maximum atomic E-state index is 11.7. The van der Waals surface area contributed by atoms with Gasteiger partial charge in [-0.2, -0.15) is 0 Å². The number of benzene rings is 1. The molecule has 1 atom stereocenters. The highest BCUT2D eigenvalue weighted by Crippen LogP contribution is 2.20. The van der Waals surface area contributed by atoms with Crippen molar-refractivity contribution < 1.29 is 9.53 Å². The van der Waals surface area contributed by atoms with Crippen molar-refractivity contribution in [2.45, 2.75) is 25.8 Å². The number of hydrogen-bond donors (Lipinski definition) is 2. The van der Waals surface area contributed by atoms with Crippen LogP contribution in [-0.4, -0.2) is 32.7 Å². The van der Waals surface area contributed by atoms with Crippen molar-refractivity contribution in [2.24, 2.45) is 0 Å². The smallest absolute Gasteiger partial charge is 0.234 e. The molecule has 5 heteroatoms. The van der Waals surface area contributed by atoms with Gasteiger partial charge in [0.2, 0.25) is 5.91 Å². The quantitative estimate of drug-likeness (QED) is 0.689. The fourth-order valence-electron chi connectivity index (χ4n) is 1.94. The average molecular weight is 299 g/mol. The summed E-state index contributed by atoms with van der Waals surface area (Å²) < 4.78 is 4.89. The lowest BCUT2D eigenvalue weighted by Crippen LogP contribution is -2.37. The Morgan fingerprint density at radius 3 is 2.65 bits per heavy atom. The molecule has 0 saturated heterocycles. The summed E-state index contributed by atoms with van der Waals surface area (Å²) in [5, 5.41) is 6.80. The molecule has 0 heterocycles. The van der Waals surface area contributed by atoms with Crippen LogP contribution in [0.2, 0.25) is 5.02 Å². The highest BCUT2D eigenvalue weighted by atomic mass is 35.5. The molecule has 0 fully saturated rings. The van der Waals surface area contributed by atoms with Crippen molar-refractivity contribution in [3.63, 3.8) is 0 Å². The zero-order valence-corrected chi connectivity index (χ0v) is 12.9. The van der Waals surface area contributed by atoms with Gasteiger partial charge in [0.25, 0.3) is 0 Å². The van der Waals surface area contributed by atoms with Crippen LogP contribution in [0.25, 0.3) is 0 Å². The molecule has 20 heavy (non-hydrogen) atoms. The van der Waals surface area contributed by atoms with Crippen molar-refractivity contribution in [1.29, 1.82) is 0 Å². The lowest BCUT2D eigenvalue weighted by atomic mass is 10.0. The van der Waals surface area contributed by atoms with E-state index in [1.54, 1.807) is 7.11 Å². The summed E-state index contributed by atoms with van der Waals surface area (Å²) in [5.41, 5.74) is 1.15. The number of amides is 1. The number of carbonyl (C=O) groups excluding carboxylic acids is 1. The summed E-state index contributed by atoms with van der Waals surface area (Å²) >= 11 is 5.90. The maximum Gasteiger partial charge on any atom is 0.234 e. The lowest BCUT2D eigenvalue weighted by Gasteiger charge is -2.18. The minimum absolute atomic E-state index is 0.0166. The molecule has 1 aromatic rings. The number of halogens is 1. The van der Waals surface area contributed by atoms with Gasteiger partial charge in [0.05, 0.1) is 13.2 Å². The first-order chi connectivity index (χ1) is 9.67. The van der Waals surface area contributed by atoms with E-state index in [1.807, 2.05) is 24.3 Å². The summed E-state index contributed by atoms with van der Waals surface area (Å²) in [6.45, 7) is 3.50. The first-order valence-corrected chi connectivity index (χ1v) is 7.29. The number of hydrogen-bond acceptors (Lipinski definition) is 3. The first-order valence-electron chi connectivity index (χ1n) is 6.91. The van der Waals surface area contributed by atoms with Crippen molar-refractivity contribution in [3.05, 3.63) is 34.9 Å². The van der Waals surface area contributed by atoms with Crippen LogP contribution in [0, 0.1) is 0 Å². The Labute approximate surface area is 125 Å². The van der Waals surface area contributed by atoms with E-state index in [2.05, 4.69) is 17.6 Å². The molecule has 4 nitrogen and oxygen atoms in total. The Kier molecular flexibility index (Phi) is 8.26. The van der Waals surface area contributed by atoms with E-state index in [9.17, 15) is 4.79 Å². The summed E-state index contributed by atoms with van der Waals surface area (Å²) in [5.74, 6) is -0.0166. The van der Waals surface area contributed by atoms with E-state index in [0.29, 0.717) is 19.7 Å². The van der Waals surface area contributed by atoms with Gasteiger partial charge >= 0.3 is 0 Å². The molecule has 2 N–H and O–H groups in total. The molecule has 1 aromatic carbocycles. The van der Waals surface area contributed by atoms with E-state index in [0.717, 1.165) is 23.4 Å². The topological polar surface area (TPSA) is 50.4 Å². The summed E-state index contributed by atoms with van der Waals surface area (Å²) in [7, 11) is 1.61. The van der Waals surface area contributed by atoms with E-state index in [1.165, 1.54) is 0 Å². The van der Waals surface area contributed by atoms with Crippen molar-refractivity contribution in [2.75, 3.05) is 26.8 Å². The van der Waals surface area contributed by atoms with E-state index in [-0.39, 0.29) is 11.9 Å². The lowest BCUT2D eigenvalue weighted by molar-refractivity contribution is -0.120. The molecule has 0 aliphatic carbocycles. The zero-order chi connectivity index (χ0) is 14.8. The molecular formula is C15H23ClN2O2. The molecule has 112 valence electrons. The van der Waals surface area contributed by atoms with Gasteiger partial charge in [-0.15, -0.1) is 0 Å². The Bertz CT molecular complexity index is 395. The molecule has 0 bridgehead atoms. The monoisotopic (exact) mass is 298 g/mol. The Hall–Kier alpha value is -1.10. The molecule has 0 aliphatic heterocycles. The standard InChI is InChI=1S/C15H23ClN2O2/c1-3-4-14(12-5-7-13(16)8-6-12)18-11-15(19)17-9-10-20-2/h5-8,14,18H,3-4,9-11H2,1-2H3,(H,17,19). The van der Waals surface area contributed by atoms with Crippen molar-refractivity contribution in [3.8, 4) is 0 Å². The van der Waals surface area contributed by atoms with Gasteiger partial charge in [0.15, 0.2) is 0 Å². The molecule has 1 rings (SSSR count). The molecule has 1 unspecified atom stereocenters. The third kappa shape index (κ3) is 6.37. The minimum atomic E-state index is -0.0166. The van der Waals surface area contributed by atoms with Crippen LogP contribution in [-0.2, 0) is 9.53 Å². The average Bonchev–Trinajstić information content (AvgIpc) is 2.45. The Morgan fingerprint density at radius 2 is 2.05 bits per heavy atom. The van der Waals surface area contributed by atoms with E-state index >= 15 is 0 Å². The Balaban J connectivity index is 2.46. The zero-order valence-electron chi connectivity index (χ0n) is 12.1. The van der Waals surface area contributed by atoms with Gasteiger partial charge in [-0.1, -0.05) is 37.1 Å². The first kappa shape index (κ1) is 17.0. The normalized spacial score (nSPS) is 12.2. The van der Waals surface area contributed by atoms with Gasteiger partial charge in [0, 0.05) is 24.7 Å².